The number of anilines is 2. The largest absolute Gasteiger partial charge is 0.386 e. The Morgan fingerprint density at radius 3 is 2.74 bits per heavy atom. The summed E-state index contributed by atoms with van der Waals surface area (Å²) in [6.07, 6.45) is 1.43. The van der Waals surface area contributed by atoms with Crippen molar-refractivity contribution in [1.29, 1.82) is 0 Å². The van der Waals surface area contributed by atoms with Crippen LogP contribution in [-0.2, 0) is 4.74 Å². The van der Waals surface area contributed by atoms with E-state index in [1.807, 2.05) is 6.92 Å². The molecule has 0 bridgehead atoms. The number of thiazole rings is 1. The lowest BCUT2D eigenvalue weighted by atomic mass is 9.92. The number of morpholine rings is 1. The van der Waals surface area contributed by atoms with Gasteiger partial charge in [-0.05, 0) is 50.1 Å². The molecule has 1 N–H and O–H groups in total. The number of benzene rings is 1. The number of hydrogen-bond acceptors (Lipinski definition) is 9. The minimum atomic E-state index is -0.547. The second-order valence-electron chi connectivity index (χ2n) is 8.40. The minimum absolute atomic E-state index is 0.122. The third-order valence-electron chi connectivity index (χ3n) is 6.39. The highest BCUT2D eigenvalue weighted by Gasteiger charge is 2.30. The number of nitrogens with zero attached hydrogens (tertiary/aromatic N) is 6. The number of aliphatic hydroxyl groups excluding tert-OH is 1. The molecule has 164 valence electrons. The average molecular weight is 441 g/mol. The van der Waals surface area contributed by atoms with Gasteiger partial charge in [-0.15, -0.1) is 21.5 Å². The Bertz CT molecular complexity index is 1050. The van der Waals surface area contributed by atoms with Crippen LogP contribution in [-0.4, -0.2) is 64.9 Å². The summed E-state index contributed by atoms with van der Waals surface area (Å²) in [5.41, 5.74) is 3.00. The number of rotatable bonds is 4. The number of ether oxygens (including phenoxy) is 1. The van der Waals surface area contributed by atoms with E-state index in [9.17, 15) is 5.11 Å². The van der Waals surface area contributed by atoms with Crippen molar-refractivity contribution in [2.45, 2.75) is 32.8 Å². The molecule has 0 unspecified atom stereocenters. The zero-order chi connectivity index (χ0) is 21.4. The number of hydrogen-bond donors (Lipinski definition) is 1. The second kappa shape index (κ2) is 8.64. The molecule has 2 aromatic heterocycles. The first-order valence-electron chi connectivity index (χ1n) is 10.9. The molecular weight excluding hydrogens is 412 g/mol. The van der Waals surface area contributed by atoms with E-state index in [4.69, 9.17) is 4.74 Å². The number of fused-ring (bicyclic) bond motifs is 1. The van der Waals surface area contributed by atoms with Gasteiger partial charge in [-0.1, -0.05) is 0 Å². The molecule has 8 nitrogen and oxygen atoms in total. The zero-order valence-corrected chi connectivity index (χ0v) is 18.8. The third kappa shape index (κ3) is 4.09. The van der Waals surface area contributed by atoms with Crippen LogP contribution in [0.1, 0.15) is 34.5 Å². The smallest absolute Gasteiger partial charge is 0.162 e. The van der Waals surface area contributed by atoms with Gasteiger partial charge in [-0.2, -0.15) is 0 Å². The summed E-state index contributed by atoms with van der Waals surface area (Å²) in [7, 11) is 0. The predicted octanol–water partition coefficient (Wildman–Crippen LogP) is 2.88. The van der Waals surface area contributed by atoms with Gasteiger partial charge >= 0.3 is 0 Å². The molecule has 0 amide bonds. The summed E-state index contributed by atoms with van der Waals surface area (Å²) in [4.78, 5) is 10.3. The van der Waals surface area contributed by atoms with Crippen LogP contribution < -0.4 is 9.80 Å². The van der Waals surface area contributed by atoms with Crippen molar-refractivity contribution in [3.8, 4) is 0 Å². The van der Waals surface area contributed by atoms with Crippen molar-refractivity contribution in [2.75, 3.05) is 49.2 Å². The molecule has 2 fully saturated rings. The molecule has 0 spiro atoms. The first-order valence-corrected chi connectivity index (χ1v) is 11.7. The maximum Gasteiger partial charge on any atom is 0.162 e. The molecule has 2 aliphatic heterocycles. The lowest BCUT2D eigenvalue weighted by Crippen LogP contribution is -2.38. The fourth-order valence-corrected chi connectivity index (χ4v) is 5.50. The Labute approximate surface area is 185 Å². The summed E-state index contributed by atoms with van der Waals surface area (Å²) < 4.78 is 5.47. The number of aryl methyl sites for hydroxylation is 2. The van der Waals surface area contributed by atoms with Gasteiger partial charge in [0.1, 0.15) is 16.6 Å². The molecule has 4 heterocycles. The van der Waals surface area contributed by atoms with Crippen molar-refractivity contribution in [3.63, 3.8) is 0 Å². The topological polar surface area (TPSA) is 87.5 Å². The maximum absolute atomic E-state index is 11.0. The Kier molecular flexibility index (Phi) is 5.73. The van der Waals surface area contributed by atoms with Crippen LogP contribution in [0.15, 0.2) is 18.2 Å². The zero-order valence-electron chi connectivity index (χ0n) is 18.0. The van der Waals surface area contributed by atoms with Gasteiger partial charge in [0.15, 0.2) is 5.82 Å². The normalized spacial score (nSPS) is 20.9. The number of aliphatic hydroxyl groups is 1. The SMILES string of the molecule is Cc1nc([C@H](O)[C@@H]2CCCN(c3nnnc4cc(N5CCOCC5)ccc34)C2)sc1C. The Morgan fingerprint density at radius 1 is 1.13 bits per heavy atom. The minimum Gasteiger partial charge on any atom is -0.386 e. The molecule has 1 aromatic carbocycles. The molecular formula is C22H28N6O2S. The van der Waals surface area contributed by atoms with Gasteiger partial charge in [0, 0.05) is 48.0 Å². The van der Waals surface area contributed by atoms with E-state index in [0.717, 1.165) is 85.3 Å². The van der Waals surface area contributed by atoms with Crippen LogP contribution >= 0.6 is 11.3 Å². The van der Waals surface area contributed by atoms with E-state index in [1.54, 1.807) is 11.3 Å². The van der Waals surface area contributed by atoms with E-state index in [-0.39, 0.29) is 5.92 Å². The maximum atomic E-state index is 11.0. The Balaban J connectivity index is 1.39. The van der Waals surface area contributed by atoms with E-state index in [2.05, 4.69) is 55.3 Å². The van der Waals surface area contributed by atoms with Gasteiger partial charge in [0.25, 0.3) is 0 Å². The fourth-order valence-electron chi connectivity index (χ4n) is 4.50. The molecule has 31 heavy (non-hydrogen) atoms. The van der Waals surface area contributed by atoms with Crippen LogP contribution in [0.4, 0.5) is 11.5 Å². The van der Waals surface area contributed by atoms with E-state index in [1.165, 1.54) is 4.88 Å². The van der Waals surface area contributed by atoms with Crippen LogP contribution in [0.2, 0.25) is 0 Å². The van der Waals surface area contributed by atoms with Gasteiger partial charge in [-0.3, -0.25) is 0 Å². The van der Waals surface area contributed by atoms with Gasteiger partial charge in [0.2, 0.25) is 0 Å². The van der Waals surface area contributed by atoms with Gasteiger partial charge < -0.3 is 19.6 Å². The first kappa shape index (κ1) is 20.5. The Morgan fingerprint density at radius 2 is 1.97 bits per heavy atom. The van der Waals surface area contributed by atoms with Crippen molar-refractivity contribution in [3.05, 3.63) is 33.8 Å². The molecule has 0 radical (unpaired) electrons. The lowest BCUT2D eigenvalue weighted by molar-refractivity contribution is 0.0976. The van der Waals surface area contributed by atoms with Crippen molar-refractivity contribution in [2.24, 2.45) is 5.92 Å². The molecule has 9 heteroatoms. The molecule has 3 aromatic rings. The molecule has 5 rings (SSSR count). The number of piperidine rings is 1. The van der Waals surface area contributed by atoms with Crippen LogP contribution in [0.3, 0.4) is 0 Å². The molecule has 2 saturated heterocycles. The summed E-state index contributed by atoms with van der Waals surface area (Å²) >= 11 is 1.60. The molecule has 0 saturated carbocycles. The lowest BCUT2D eigenvalue weighted by Gasteiger charge is -2.35. The third-order valence-corrected chi connectivity index (χ3v) is 7.54. The van der Waals surface area contributed by atoms with Crippen LogP contribution in [0.25, 0.3) is 10.9 Å². The summed E-state index contributed by atoms with van der Waals surface area (Å²) in [5, 5.41) is 25.6. The van der Waals surface area contributed by atoms with Crippen LogP contribution in [0, 0.1) is 19.8 Å². The van der Waals surface area contributed by atoms with Crippen molar-refractivity contribution in [1.82, 2.24) is 20.4 Å². The van der Waals surface area contributed by atoms with E-state index >= 15 is 0 Å². The molecule has 2 atom stereocenters. The highest BCUT2D eigenvalue weighted by Crippen LogP contribution is 2.35. The quantitative estimate of drug-likeness (QED) is 0.663. The molecule has 2 aliphatic rings. The van der Waals surface area contributed by atoms with Crippen molar-refractivity contribution < 1.29 is 9.84 Å². The van der Waals surface area contributed by atoms with Crippen molar-refractivity contribution >= 4 is 33.7 Å². The summed E-state index contributed by atoms with van der Waals surface area (Å²) in [5.74, 6) is 0.971. The monoisotopic (exact) mass is 440 g/mol. The highest BCUT2D eigenvalue weighted by atomic mass is 32.1. The van der Waals surface area contributed by atoms with Crippen LogP contribution in [0.5, 0.6) is 0 Å². The average Bonchev–Trinajstić information content (AvgIpc) is 3.16. The fraction of sp³-hybridized carbons (Fsp3) is 0.545. The van der Waals surface area contributed by atoms with E-state index in [0.29, 0.717) is 0 Å². The highest BCUT2D eigenvalue weighted by molar-refractivity contribution is 7.11. The van der Waals surface area contributed by atoms with Gasteiger partial charge in [0.05, 0.1) is 18.9 Å². The summed E-state index contributed by atoms with van der Waals surface area (Å²) in [6, 6.07) is 6.33. The summed E-state index contributed by atoms with van der Waals surface area (Å²) in [6.45, 7) is 8.97. The molecule has 0 aliphatic carbocycles. The first-order chi connectivity index (χ1) is 15.1. The second-order valence-corrected chi connectivity index (χ2v) is 9.64. The van der Waals surface area contributed by atoms with Gasteiger partial charge in [-0.25, -0.2) is 4.98 Å². The number of aromatic nitrogens is 4. The predicted molar refractivity (Wildman–Crippen MR) is 122 cm³/mol. The Hall–Kier alpha value is -2.36. The standard InChI is InChI=1S/C22H28N6O2S/c1-14-15(2)31-22(23-14)20(29)16-4-3-7-28(13-16)21-18-6-5-17(12-19(18)24-26-25-21)27-8-10-30-11-9-27/h5-6,12,16,20,29H,3-4,7-11,13H2,1-2H3/t16-,20-/m1/s1. The van der Waals surface area contributed by atoms with E-state index < -0.39 is 6.10 Å².